The van der Waals surface area contributed by atoms with Crippen molar-refractivity contribution < 1.29 is 18.7 Å². The van der Waals surface area contributed by atoms with Crippen molar-refractivity contribution in [1.29, 1.82) is 0 Å². The fourth-order valence-corrected chi connectivity index (χ4v) is 1.26. The number of nitrogens with two attached hydrogens (primary N) is 1. The van der Waals surface area contributed by atoms with Gasteiger partial charge in [0.05, 0.1) is 31.9 Å². The Labute approximate surface area is 105 Å². The molecule has 0 unspecified atom stereocenters. The van der Waals surface area contributed by atoms with Crippen LogP contribution in [0.2, 0.25) is 0 Å². The second kappa shape index (κ2) is 7.62. The number of amides is 1. The molecule has 1 rings (SSSR count). The number of hydrogen-bond donors (Lipinski definition) is 2. The van der Waals surface area contributed by atoms with Crippen molar-refractivity contribution >= 4 is 17.3 Å². The van der Waals surface area contributed by atoms with Gasteiger partial charge in [0, 0.05) is 12.8 Å². The van der Waals surface area contributed by atoms with E-state index in [4.69, 9.17) is 15.2 Å². The van der Waals surface area contributed by atoms with E-state index in [1.165, 1.54) is 18.2 Å². The average Bonchev–Trinajstić information content (AvgIpc) is 2.33. The number of nitrogens with one attached hydrogen (secondary N) is 1. The van der Waals surface area contributed by atoms with Gasteiger partial charge in [-0.15, -0.1) is 0 Å². The lowest BCUT2D eigenvalue weighted by molar-refractivity contribution is -0.117. The maximum absolute atomic E-state index is 13.3. The van der Waals surface area contributed by atoms with Crippen LogP contribution in [-0.2, 0) is 14.3 Å². The molecule has 0 aliphatic carbocycles. The van der Waals surface area contributed by atoms with Gasteiger partial charge in [-0.05, 0) is 18.2 Å². The first-order valence-corrected chi connectivity index (χ1v) is 5.55. The quantitative estimate of drug-likeness (QED) is 0.571. The predicted molar refractivity (Wildman–Crippen MR) is 66.8 cm³/mol. The minimum absolute atomic E-state index is 0.0805. The molecule has 0 aliphatic rings. The zero-order valence-corrected chi connectivity index (χ0v) is 10.2. The Bertz CT molecular complexity index is 399. The molecule has 0 bridgehead atoms. The molecule has 1 amide bonds. The summed E-state index contributed by atoms with van der Waals surface area (Å²) in [5.41, 5.74) is 5.97. The van der Waals surface area contributed by atoms with Gasteiger partial charge in [-0.25, -0.2) is 4.39 Å². The van der Waals surface area contributed by atoms with Crippen LogP contribution in [0.4, 0.5) is 15.8 Å². The minimum atomic E-state index is -0.516. The molecular formula is C12H17FN2O3. The second-order valence-corrected chi connectivity index (χ2v) is 3.64. The molecule has 0 heterocycles. The lowest BCUT2D eigenvalue weighted by Crippen LogP contribution is -2.16. The molecule has 0 radical (unpaired) electrons. The third-order valence-electron chi connectivity index (χ3n) is 2.17. The number of hydrogen-bond acceptors (Lipinski definition) is 4. The molecule has 0 atom stereocenters. The highest BCUT2D eigenvalue weighted by Crippen LogP contribution is 2.17. The average molecular weight is 256 g/mol. The first kappa shape index (κ1) is 14.4. The molecule has 0 aliphatic heterocycles. The van der Waals surface area contributed by atoms with E-state index in [2.05, 4.69) is 5.32 Å². The van der Waals surface area contributed by atoms with Gasteiger partial charge in [0.2, 0.25) is 5.91 Å². The van der Waals surface area contributed by atoms with E-state index in [-0.39, 0.29) is 24.6 Å². The van der Waals surface area contributed by atoms with Crippen molar-refractivity contribution in [2.24, 2.45) is 0 Å². The highest BCUT2D eigenvalue weighted by molar-refractivity contribution is 5.91. The van der Waals surface area contributed by atoms with Crippen LogP contribution in [0, 0.1) is 5.82 Å². The van der Waals surface area contributed by atoms with Crippen LogP contribution in [0.3, 0.4) is 0 Å². The van der Waals surface area contributed by atoms with Crippen molar-refractivity contribution in [3.05, 3.63) is 24.0 Å². The van der Waals surface area contributed by atoms with E-state index in [1.807, 2.05) is 0 Å². The van der Waals surface area contributed by atoms with Gasteiger partial charge in [-0.2, -0.15) is 0 Å². The minimum Gasteiger partial charge on any atom is -0.399 e. The predicted octanol–water partition coefficient (Wildman–Crippen LogP) is 1.40. The summed E-state index contributed by atoms with van der Waals surface area (Å²) >= 11 is 0. The largest absolute Gasteiger partial charge is 0.399 e. The number of benzene rings is 1. The van der Waals surface area contributed by atoms with E-state index in [0.29, 0.717) is 18.9 Å². The standard InChI is InChI=1S/C12H17FN2O3/c1-17-6-7-18-5-4-12(16)15-11-8-9(14)2-3-10(11)13/h2-3,8H,4-7,14H2,1H3,(H,15,16). The van der Waals surface area contributed by atoms with E-state index in [9.17, 15) is 9.18 Å². The fourth-order valence-electron chi connectivity index (χ4n) is 1.26. The van der Waals surface area contributed by atoms with E-state index in [1.54, 1.807) is 7.11 Å². The molecule has 0 spiro atoms. The Kier molecular flexibility index (Phi) is 6.10. The summed E-state index contributed by atoms with van der Waals surface area (Å²) in [5, 5.41) is 2.44. The van der Waals surface area contributed by atoms with Crippen LogP contribution in [-0.4, -0.2) is 32.8 Å². The Morgan fingerprint density at radius 2 is 2.17 bits per heavy atom. The van der Waals surface area contributed by atoms with Crippen LogP contribution >= 0.6 is 0 Å². The zero-order valence-electron chi connectivity index (χ0n) is 10.2. The maximum atomic E-state index is 13.3. The normalized spacial score (nSPS) is 10.3. The molecule has 3 N–H and O–H groups in total. The molecule has 1 aromatic carbocycles. The summed E-state index contributed by atoms with van der Waals surface area (Å²) in [5.74, 6) is -0.838. The molecule has 5 nitrogen and oxygen atoms in total. The van der Waals surface area contributed by atoms with Gasteiger partial charge < -0.3 is 20.5 Å². The summed E-state index contributed by atoms with van der Waals surface area (Å²) in [4.78, 5) is 11.5. The number of carbonyl (C=O) groups is 1. The number of halogens is 1. The number of anilines is 2. The number of rotatable bonds is 7. The summed E-state index contributed by atoms with van der Waals surface area (Å²) < 4.78 is 23.2. The van der Waals surface area contributed by atoms with Crippen molar-refractivity contribution in [3.63, 3.8) is 0 Å². The first-order chi connectivity index (χ1) is 8.63. The summed E-state index contributed by atoms with van der Waals surface area (Å²) in [6.07, 6.45) is 0.151. The van der Waals surface area contributed by atoms with Gasteiger partial charge in [-0.1, -0.05) is 0 Å². The monoisotopic (exact) mass is 256 g/mol. The highest BCUT2D eigenvalue weighted by Gasteiger charge is 2.07. The summed E-state index contributed by atoms with van der Waals surface area (Å²) in [6, 6.07) is 4.01. The summed E-state index contributed by atoms with van der Waals surface area (Å²) in [7, 11) is 1.57. The van der Waals surface area contributed by atoms with Crippen molar-refractivity contribution in [1.82, 2.24) is 0 Å². The van der Waals surface area contributed by atoms with Crippen LogP contribution in [0.15, 0.2) is 18.2 Å². The van der Waals surface area contributed by atoms with Crippen LogP contribution in [0.25, 0.3) is 0 Å². The van der Waals surface area contributed by atoms with Gasteiger partial charge in [-0.3, -0.25) is 4.79 Å². The number of ether oxygens (including phenoxy) is 2. The Hall–Kier alpha value is -1.66. The number of methoxy groups -OCH3 is 1. The number of nitrogen functional groups attached to an aromatic ring is 1. The van der Waals surface area contributed by atoms with Crippen molar-refractivity contribution in [2.75, 3.05) is 38.0 Å². The zero-order chi connectivity index (χ0) is 13.4. The van der Waals surface area contributed by atoms with Gasteiger partial charge >= 0.3 is 0 Å². The van der Waals surface area contributed by atoms with Crippen LogP contribution < -0.4 is 11.1 Å². The molecule has 0 saturated heterocycles. The van der Waals surface area contributed by atoms with Crippen molar-refractivity contribution in [2.45, 2.75) is 6.42 Å². The van der Waals surface area contributed by atoms with Crippen LogP contribution in [0.5, 0.6) is 0 Å². The van der Waals surface area contributed by atoms with Crippen LogP contribution in [0.1, 0.15) is 6.42 Å². The smallest absolute Gasteiger partial charge is 0.226 e. The lowest BCUT2D eigenvalue weighted by atomic mass is 10.2. The van der Waals surface area contributed by atoms with Gasteiger partial charge in [0.1, 0.15) is 5.82 Å². The summed E-state index contributed by atoms with van der Waals surface area (Å²) in [6.45, 7) is 1.17. The van der Waals surface area contributed by atoms with Crippen molar-refractivity contribution in [3.8, 4) is 0 Å². The molecule has 0 aromatic heterocycles. The molecule has 6 heteroatoms. The second-order valence-electron chi connectivity index (χ2n) is 3.64. The topological polar surface area (TPSA) is 73.6 Å². The molecule has 0 fully saturated rings. The molecule has 18 heavy (non-hydrogen) atoms. The first-order valence-electron chi connectivity index (χ1n) is 5.55. The highest BCUT2D eigenvalue weighted by atomic mass is 19.1. The molecule has 1 aromatic rings. The Morgan fingerprint density at radius 3 is 2.89 bits per heavy atom. The SMILES string of the molecule is COCCOCCC(=O)Nc1cc(N)ccc1F. The third kappa shape index (κ3) is 5.11. The molecule has 0 saturated carbocycles. The Morgan fingerprint density at radius 1 is 1.39 bits per heavy atom. The van der Waals surface area contributed by atoms with Gasteiger partial charge in [0.15, 0.2) is 0 Å². The van der Waals surface area contributed by atoms with Gasteiger partial charge in [0.25, 0.3) is 0 Å². The van der Waals surface area contributed by atoms with E-state index in [0.717, 1.165) is 0 Å². The lowest BCUT2D eigenvalue weighted by Gasteiger charge is -2.07. The molecular weight excluding hydrogens is 239 g/mol. The fraction of sp³-hybridized carbons (Fsp3) is 0.417. The maximum Gasteiger partial charge on any atom is 0.226 e. The van der Waals surface area contributed by atoms with E-state index >= 15 is 0 Å². The number of carbonyl (C=O) groups excluding carboxylic acids is 1. The third-order valence-corrected chi connectivity index (χ3v) is 2.17. The van der Waals surface area contributed by atoms with E-state index < -0.39 is 5.82 Å². The Balaban J connectivity index is 2.33. The molecule has 100 valence electrons.